The minimum atomic E-state index is -4.77. The highest BCUT2D eigenvalue weighted by atomic mass is 19.4. The van der Waals surface area contributed by atoms with Crippen molar-refractivity contribution in [1.29, 1.82) is 5.26 Å². The van der Waals surface area contributed by atoms with Crippen molar-refractivity contribution in [3.63, 3.8) is 0 Å². The van der Waals surface area contributed by atoms with Gasteiger partial charge in [0.25, 0.3) is 0 Å². The first-order chi connectivity index (χ1) is 19.0. The van der Waals surface area contributed by atoms with E-state index in [1.54, 1.807) is 12.1 Å². The molecule has 0 radical (unpaired) electrons. The van der Waals surface area contributed by atoms with Gasteiger partial charge in [0.15, 0.2) is 0 Å². The number of likely N-dealkylation sites (N-methyl/N-ethyl adjacent to an activating group) is 1. The van der Waals surface area contributed by atoms with Gasteiger partial charge in [-0.25, -0.2) is 9.37 Å². The molecule has 1 amide bonds. The first-order valence-electron chi connectivity index (χ1n) is 13.1. The number of para-hydroxylation sites is 1. The number of aryl methyl sites for hydroxylation is 1. The molecular weight excluding hydrogens is 530 g/mol. The summed E-state index contributed by atoms with van der Waals surface area (Å²) in [6.07, 6.45) is -4.62. The van der Waals surface area contributed by atoms with E-state index < -0.39 is 35.1 Å². The third-order valence-corrected chi connectivity index (χ3v) is 7.74. The Morgan fingerprint density at radius 3 is 2.73 bits per heavy atom. The molecule has 3 aliphatic rings. The van der Waals surface area contributed by atoms with Gasteiger partial charge in [-0.1, -0.05) is 6.07 Å². The number of nitrogens with one attached hydrogen (secondary N) is 2. The number of hydrogen-bond donors (Lipinski definition) is 2. The van der Waals surface area contributed by atoms with Crippen molar-refractivity contribution >= 4 is 23.1 Å². The van der Waals surface area contributed by atoms with Crippen molar-refractivity contribution in [2.75, 3.05) is 74.6 Å². The molecule has 2 fully saturated rings. The van der Waals surface area contributed by atoms with Crippen LogP contribution in [0.2, 0.25) is 0 Å². The summed E-state index contributed by atoms with van der Waals surface area (Å²) in [4.78, 5) is 23.1. The van der Waals surface area contributed by atoms with Gasteiger partial charge in [-0.3, -0.25) is 9.69 Å². The number of amides is 1. The van der Waals surface area contributed by atoms with Gasteiger partial charge in [0.2, 0.25) is 5.91 Å². The number of nitriles is 1. The van der Waals surface area contributed by atoms with Crippen LogP contribution in [0.3, 0.4) is 0 Å². The van der Waals surface area contributed by atoms with Crippen molar-refractivity contribution in [1.82, 2.24) is 15.2 Å². The van der Waals surface area contributed by atoms with Crippen molar-refractivity contribution < 1.29 is 27.1 Å². The smallest absolute Gasteiger partial charge is 0.370 e. The van der Waals surface area contributed by atoms with Gasteiger partial charge in [0.05, 0.1) is 23.5 Å². The lowest BCUT2D eigenvalue weighted by molar-refractivity contribution is -0.137. The van der Waals surface area contributed by atoms with E-state index in [1.807, 2.05) is 4.90 Å². The quantitative estimate of drug-likeness (QED) is 0.539. The highest BCUT2D eigenvalue weighted by Gasteiger charge is 2.42. The van der Waals surface area contributed by atoms with E-state index in [0.717, 1.165) is 32.2 Å². The monoisotopic (exact) mass is 561 g/mol. The van der Waals surface area contributed by atoms with Crippen LogP contribution in [0.4, 0.5) is 34.8 Å². The molecule has 2 saturated heterocycles. The fourth-order valence-corrected chi connectivity index (χ4v) is 5.59. The fourth-order valence-electron chi connectivity index (χ4n) is 5.59. The molecule has 9 nitrogen and oxygen atoms in total. The normalized spacial score (nSPS) is 21.3. The van der Waals surface area contributed by atoms with Crippen LogP contribution in [0.25, 0.3) is 0 Å². The average molecular weight is 562 g/mol. The predicted octanol–water partition coefficient (Wildman–Crippen LogP) is 2.75. The Kier molecular flexibility index (Phi) is 7.60. The van der Waals surface area contributed by atoms with Crippen LogP contribution in [0.15, 0.2) is 24.3 Å². The summed E-state index contributed by atoms with van der Waals surface area (Å²) in [5.41, 5.74) is -1.27. The highest BCUT2D eigenvalue weighted by Crippen LogP contribution is 2.37. The molecule has 2 N–H and O–H groups in total. The number of pyridine rings is 1. The highest BCUT2D eigenvalue weighted by molar-refractivity contribution is 6.01. The van der Waals surface area contributed by atoms with E-state index in [4.69, 9.17) is 4.74 Å². The Hall–Kier alpha value is -3.47. The number of carbonyl (C=O) groups excluding carboxylic acids is 1. The van der Waals surface area contributed by atoms with Gasteiger partial charge in [-0.05, 0) is 31.5 Å². The summed E-state index contributed by atoms with van der Waals surface area (Å²) in [7, 11) is 1.50. The van der Waals surface area contributed by atoms with Gasteiger partial charge >= 0.3 is 6.18 Å². The molecule has 1 aromatic heterocycles. The SMILES string of the molecule is Cc1cc(C(F)(F)F)c(C#N)c(N[C@H]2CCN(CCN3CCOC4(CNC4)C3)c3c(F)cccc3N(C)C2=O)n1. The van der Waals surface area contributed by atoms with Gasteiger partial charge < -0.3 is 25.2 Å². The van der Waals surface area contributed by atoms with Gasteiger partial charge in [-0.15, -0.1) is 0 Å². The molecular formula is C27H31F4N7O2. The Morgan fingerprint density at radius 2 is 2.05 bits per heavy atom. The largest absolute Gasteiger partial charge is 0.417 e. The minimum Gasteiger partial charge on any atom is -0.370 e. The molecule has 13 heteroatoms. The number of halogens is 4. The van der Waals surface area contributed by atoms with E-state index in [1.165, 1.54) is 31.0 Å². The molecule has 1 atom stereocenters. The van der Waals surface area contributed by atoms with Crippen molar-refractivity contribution in [3.8, 4) is 6.07 Å². The Morgan fingerprint density at radius 1 is 1.27 bits per heavy atom. The molecule has 0 saturated carbocycles. The zero-order chi connectivity index (χ0) is 28.7. The van der Waals surface area contributed by atoms with E-state index in [9.17, 15) is 23.2 Å². The molecule has 4 heterocycles. The lowest BCUT2D eigenvalue weighted by Crippen LogP contribution is -2.69. The number of morpholine rings is 1. The Labute approximate surface area is 229 Å². The zero-order valence-electron chi connectivity index (χ0n) is 22.3. The molecule has 0 unspecified atom stereocenters. The van der Waals surface area contributed by atoms with Gasteiger partial charge in [0, 0.05) is 58.6 Å². The third-order valence-electron chi connectivity index (χ3n) is 7.74. The van der Waals surface area contributed by atoms with Crippen molar-refractivity contribution in [2.24, 2.45) is 0 Å². The number of hydrogen-bond acceptors (Lipinski definition) is 8. The number of alkyl halides is 3. The summed E-state index contributed by atoms with van der Waals surface area (Å²) >= 11 is 0. The van der Waals surface area contributed by atoms with Crippen LogP contribution >= 0.6 is 0 Å². The number of benzene rings is 1. The summed E-state index contributed by atoms with van der Waals surface area (Å²) in [5, 5.41) is 15.6. The first kappa shape index (κ1) is 28.1. The number of carbonyl (C=O) groups is 1. The molecule has 3 aliphatic heterocycles. The molecule has 1 aromatic carbocycles. The average Bonchev–Trinajstić information content (AvgIpc) is 2.89. The number of anilines is 3. The number of nitrogens with zero attached hydrogens (tertiary/aromatic N) is 5. The summed E-state index contributed by atoms with van der Waals surface area (Å²) < 4.78 is 62.2. The van der Waals surface area contributed by atoms with E-state index >= 15 is 4.39 Å². The Balaban J connectivity index is 1.42. The predicted molar refractivity (Wildman–Crippen MR) is 141 cm³/mol. The van der Waals surface area contributed by atoms with Crippen molar-refractivity contribution in [3.05, 3.63) is 46.9 Å². The van der Waals surface area contributed by atoms with E-state index in [0.29, 0.717) is 31.1 Å². The van der Waals surface area contributed by atoms with Crippen LogP contribution in [0.1, 0.15) is 23.2 Å². The Bertz CT molecular complexity index is 1330. The summed E-state index contributed by atoms with van der Waals surface area (Å²) in [5.74, 6) is -1.24. The number of ether oxygens (including phenoxy) is 1. The molecule has 214 valence electrons. The van der Waals surface area contributed by atoms with E-state index in [2.05, 4.69) is 20.5 Å². The van der Waals surface area contributed by atoms with Crippen LogP contribution in [-0.4, -0.2) is 86.9 Å². The van der Waals surface area contributed by atoms with Crippen LogP contribution < -0.4 is 20.4 Å². The van der Waals surface area contributed by atoms with Crippen LogP contribution in [0.5, 0.6) is 0 Å². The summed E-state index contributed by atoms with van der Waals surface area (Å²) in [6.45, 7) is 6.46. The third kappa shape index (κ3) is 5.43. The minimum absolute atomic E-state index is 0.0551. The van der Waals surface area contributed by atoms with Gasteiger partial charge in [-0.2, -0.15) is 18.4 Å². The molecule has 0 bridgehead atoms. The topological polar surface area (TPSA) is 96.8 Å². The lowest BCUT2D eigenvalue weighted by atomic mass is 9.94. The maximum Gasteiger partial charge on any atom is 0.417 e. The second kappa shape index (κ2) is 10.8. The van der Waals surface area contributed by atoms with Crippen LogP contribution in [-0.2, 0) is 15.7 Å². The molecule has 40 heavy (non-hydrogen) atoms. The lowest BCUT2D eigenvalue weighted by Gasteiger charge is -2.49. The van der Waals surface area contributed by atoms with Gasteiger partial charge in [0.1, 0.15) is 34.9 Å². The fraction of sp³-hybridized carbons (Fsp3) is 0.519. The number of fused-ring (bicyclic) bond motifs is 1. The molecule has 1 spiro atoms. The van der Waals surface area contributed by atoms with Crippen molar-refractivity contribution in [2.45, 2.75) is 31.2 Å². The van der Waals surface area contributed by atoms with Crippen LogP contribution in [0, 0.1) is 24.1 Å². The zero-order valence-corrected chi connectivity index (χ0v) is 22.3. The number of aromatic nitrogens is 1. The number of rotatable bonds is 5. The first-order valence-corrected chi connectivity index (χ1v) is 13.1. The molecule has 0 aliphatic carbocycles. The second-order valence-electron chi connectivity index (χ2n) is 10.5. The maximum absolute atomic E-state index is 15.2. The maximum atomic E-state index is 15.2. The molecule has 2 aromatic rings. The summed E-state index contributed by atoms with van der Waals surface area (Å²) in [6, 6.07) is 5.91. The van der Waals surface area contributed by atoms with E-state index in [-0.39, 0.29) is 30.1 Å². The standard InChI is InChI=1S/C27H31F4N7O2/c1-17-12-19(27(29,30)31)18(13-32)24(34-17)35-21-6-7-38(9-8-37-10-11-40-26(16-37)14-33-15-26)23-20(28)4-3-5-22(23)36(2)25(21)39/h3-5,12,21,33H,6-11,14-16H2,1-2H3,(H,34,35)/t21-/m0/s1. The second-order valence-corrected chi connectivity index (χ2v) is 10.5. The molecule has 5 rings (SSSR count).